The summed E-state index contributed by atoms with van der Waals surface area (Å²) in [6.45, 7) is 5.65. The van der Waals surface area contributed by atoms with Crippen LogP contribution in [0, 0.1) is 20.8 Å². The SMILES string of the molecule is Cc1ccc(SCC(=O)NNC(=O)c2cc(C)nc3c2c(C)nn3C)cc1. The minimum absolute atomic E-state index is 0.208. The van der Waals surface area contributed by atoms with Crippen molar-refractivity contribution in [1.82, 2.24) is 25.6 Å². The van der Waals surface area contributed by atoms with Crippen molar-refractivity contribution in [1.29, 1.82) is 0 Å². The predicted molar refractivity (Wildman–Crippen MR) is 105 cm³/mol. The van der Waals surface area contributed by atoms with Crippen LogP contribution < -0.4 is 10.9 Å². The average Bonchev–Trinajstić information content (AvgIpc) is 2.92. The number of hydrogen-bond donors (Lipinski definition) is 2. The summed E-state index contributed by atoms with van der Waals surface area (Å²) in [4.78, 5) is 30.1. The summed E-state index contributed by atoms with van der Waals surface area (Å²) in [5, 5.41) is 5.01. The standard InChI is InChI=1S/C19H21N5O2S/c1-11-5-7-14(8-6-11)27-10-16(25)21-22-19(26)15-9-12(2)20-18-17(15)13(3)23-24(18)4/h5-9H,10H2,1-4H3,(H,21,25)(H,22,26). The highest BCUT2D eigenvalue weighted by Gasteiger charge is 2.18. The lowest BCUT2D eigenvalue weighted by Gasteiger charge is -2.09. The van der Waals surface area contributed by atoms with Crippen LogP contribution in [0.15, 0.2) is 35.2 Å². The summed E-state index contributed by atoms with van der Waals surface area (Å²) in [5.74, 6) is -0.464. The number of nitrogens with zero attached hydrogens (tertiary/aromatic N) is 3. The maximum Gasteiger partial charge on any atom is 0.270 e. The Bertz CT molecular complexity index is 1010. The number of hydrazine groups is 1. The Morgan fingerprint density at radius 2 is 1.81 bits per heavy atom. The molecule has 3 aromatic rings. The van der Waals surface area contributed by atoms with Crippen molar-refractivity contribution in [2.45, 2.75) is 25.7 Å². The molecule has 0 atom stereocenters. The number of hydrogen-bond acceptors (Lipinski definition) is 5. The van der Waals surface area contributed by atoms with Crippen LogP contribution >= 0.6 is 11.8 Å². The van der Waals surface area contributed by atoms with Gasteiger partial charge in [0, 0.05) is 17.6 Å². The lowest BCUT2D eigenvalue weighted by atomic mass is 10.1. The van der Waals surface area contributed by atoms with Gasteiger partial charge >= 0.3 is 0 Å². The van der Waals surface area contributed by atoms with Gasteiger partial charge in [-0.3, -0.25) is 25.1 Å². The van der Waals surface area contributed by atoms with E-state index in [1.165, 1.54) is 17.3 Å². The zero-order valence-corrected chi connectivity index (χ0v) is 16.5. The highest BCUT2D eigenvalue weighted by molar-refractivity contribution is 8.00. The Morgan fingerprint density at radius 1 is 1.11 bits per heavy atom. The molecule has 140 valence electrons. The zero-order valence-electron chi connectivity index (χ0n) is 15.7. The third kappa shape index (κ3) is 4.28. The fourth-order valence-corrected chi connectivity index (χ4v) is 3.46. The minimum atomic E-state index is -0.393. The number of nitrogens with one attached hydrogen (secondary N) is 2. The molecule has 7 nitrogen and oxygen atoms in total. The first-order valence-electron chi connectivity index (χ1n) is 8.44. The minimum Gasteiger partial charge on any atom is -0.272 e. The Morgan fingerprint density at radius 3 is 2.52 bits per heavy atom. The van der Waals surface area contributed by atoms with Crippen molar-refractivity contribution in [3.05, 3.63) is 52.8 Å². The molecule has 27 heavy (non-hydrogen) atoms. The van der Waals surface area contributed by atoms with E-state index < -0.39 is 5.91 Å². The lowest BCUT2D eigenvalue weighted by Crippen LogP contribution is -2.42. The predicted octanol–water partition coefficient (Wildman–Crippen LogP) is 2.45. The Labute approximate surface area is 161 Å². The van der Waals surface area contributed by atoms with Crippen LogP contribution in [0.25, 0.3) is 11.0 Å². The van der Waals surface area contributed by atoms with Gasteiger partial charge in [0.1, 0.15) is 0 Å². The van der Waals surface area contributed by atoms with Crippen molar-refractivity contribution in [2.24, 2.45) is 7.05 Å². The van der Waals surface area contributed by atoms with Crippen molar-refractivity contribution in [2.75, 3.05) is 5.75 Å². The molecule has 0 unspecified atom stereocenters. The van der Waals surface area contributed by atoms with Crippen LogP contribution in [0.4, 0.5) is 0 Å². The molecule has 0 spiro atoms. The van der Waals surface area contributed by atoms with Gasteiger partial charge in [0.15, 0.2) is 5.65 Å². The smallest absolute Gasteiger partial charge is 0.270 e. The second kappa shape index (κ2) is 7.79. The fourth-order valence-electron chi connectivity index (χ4n) is 2.76. The molecular weight excluding hydrogens is 362 g/mol. The number of carbonyl (C=O) groups is 2. The second-order valence-electron chi connectivity index (χ2n) is 6.32. The quantitative estimate of drug-likeness (QED) is 0.534. The molecule has 0 aliphatic rings. The summed E-state index contributed by atoms with van der Waals surface area (Å²) >= 11 is 1.41. The van der Waals surface area contributed by atoms with Crippen LogP contribution in [0.2, 0.25) is 0 Å². The first-order chi connectivity index (χ1) is 12.8. The number of amides is 2. The van der Waals surface area contributed by atoms with Crippen molar-refractivity contribution >= 4 is 34.6 Å². The molecule has 2 amide bonds. The highest BCUT2D eigenvalue weighted by atomic mass is 32.2. The van der Waals surface area contributed by atoms with Gasteiger partial charge in [-0.05, 0) is 39.0 Å². The van der Waals surface area contributed by atoms with E-state index in [9.17, 15) is 9.59 Å². The summed E-state index contributed by atoms with van der Waals surface area (Å²) in [5.41, 5.74) is 8.61. The van der Waals surface area contributed by atoms with E-state index in [0.717, 1.165) is 4.90 Å². The average molecular weight is 383 g/mol. The Kier molecular flexibility index (Phi) is 5.46. The molecule has 0 fully saturated rings. The summed E-state index contributed by atoms with van der Waals surface area (Å²) < 4.78 is 1.64. The van der Waals surface area contributed by atoms with Crippen LogP contribution in [0.1, 0.15) is 27.3 Å². The first-order valence-corrected chi connectivity index (χ1v) is 9.43. The van der Waals surface area contributed by atoms with E-state index in [1.807, 2.05) is 45.0 Å². The van der Waals surface area contributed by atoms with Crippen LogP contribution in [-0.2, 0) is 11.8 Å². The molecule has 0 aliphatic heterocycles. The molecule has 1 aromatic carbocycles. The number of fused-ring (bicyclic) bond motifs is 1. The molecule has 2 aromatic heterocycles. The summed E-state index contributed by atoms with van der Waals surface area (Å²) in [7, 11) is 1.79. The van der Waals surface area contributed by atoms with E-state index in [4.69, 9.17) is 0 Å². The number of aryl methyl sites for hydroxylation is 4. The Hall–Kier alpha value is -2.87. The lowest BCUT2D eigenvalue weighted by molar-refractivity contribution is -0.119. The summed E-state index contributed by atoms with van der Waals surface area (Å²) in [6.07, 6.45) is 0. The zero-order chi connectivity index (χ0) is 19.6. The second-order valence-corrected chi connectivity index (χ2v) is 7.37. The number of benzene rings is 1. The van der Waals surface area contributed by atoms with Gasteiger partial charge in [-0.1, -0.05) is 17.7 Å². The molecular formula is C19H21N5O2S. The van der Waals surface area contributed by atoms with E-state index in [2.05, 4.69) is 20.9 Å². The highest BCUT2D eigenvalue weighted by Crippen LogP contribution is 2.21. The molecule has 2 N–H and O–H groups in total. The van der Waals surface area contributed by atoms with E-state index in [-0.39, 0.29) is 11.7 Å². The molecule has 3 rings (SSSR count). The van der Waals surface area contributed by atoms with Crippen LogP contribution in [0.3, 0.4) is 0 Å². The molecule has 2 heterocycles. The third-order valence-corrected chi connectivity index (χ3v) is 5.06. The largest absolute Gasteiger partial charge is 0.272 e. The number of pyridine rings is 1. The van der Waals surface area contributed by atoms with Crippen LogP contribution in [-0.4, -0.2) is 32.3 Å². The van der Waals surface area contributed by atoms with Gasteiger partial charge in [0.05, 0.1) is 22.4 Å². The van der Waals surface area contributed by atoms with Crippen molar-refractivity contribution < 1.29 is 9.59 Å². The molecule has 8 heteroatoms. The summed E-state index contributed by atoms with van der Waals surface area (Å²) in [6, 6.07) is 9.62. The van der Waals surface area contributed by atoms with Crippen molar-refractivity contribution in [3.63, 3.8) is 0 Å². The van der Waals surface area contributed by atoms with Gasteiger partial charge < -0.3 is 0 Å². The van der Waals surface area contributed by atoms with Gasteiger partial charge in [-0.15, -0.1) is 11.8 Å². The topological polar surface area (TPSA) is 88.9 Å². The number of aromatic nitrogens is 3. The molecule has 0 radical (unpaired) electrons. The normalized spacial score (nSPS) is 10.8. The number of carbonyl (C=O) groups excluding carboxylic acids is 2. The van der Waals surface area contributed by atoms with Gasteiger partial charge in [0.2, 0.25) is 5.91 Å². The van der Waals surface area contributed by atoms with Crippen LogP contribution in [0.5, 0.6) is 0 Å². The first kappa shape index (κ1) is 18.9. The van der Waals surface area contributed by atoms with Gasteiger partial charge in [-0.2, -0.15) is 5.10 Å². The Balaban J connectivity index is 1.65. The molecule has 0 aliphatic carbocycles. The van der Waals surface area contributed by atoms with E-state index in [0.29, 0.717) is 28.0 Å². The third-order valence-electron chi connectivity index (χ3n) is 4.05. The van der Waals surface area contributed by atoms with Gasteiger partial charge in [-0.25, -0.2) is 4.98 Å². The fraction of sp³-hybridized carbons (Fsp3) is 0.263. The molecule has 0 saturated heterocycles. The maximum atomic E-state index is 12.6. The molecule has 0 bridgehead atoms. The van der Waals surface area contributed by atoms with E-state index >= 15 is 0 Å². The monoisotopic (exact) mass is 383 g/mol. The van der Waals surface area contributed by atoms with Crippen molar-refractivity contribution in [3.8, 4) is 0 Å². The van der Waals surface area contributed by atoms with E-state index in [1.54, 1.807) is 17.8 Å². The maximum absolute atomic E-state index is 12.6. The van der Waals surface area contributed by atoms with Gasteiger partial charge in [0.25, 0.3) is 5.91 Å². The number of thioether (sulfide) groups is 1. The number of rotatable bonds is 4. The molecule has 0 saturated carbocycles.